The van der Waals surface area contributed by atoms with Gasteiger partial charge < -0.3 is 11.1 Å². The third-order valence-electron chi connectivity index (χ3n) is 8.71. The minimum absolute atomic E-state index is 0.0600. The summed E-state index contributed by atoms with van der Waals surface area (Å²) in [6.07, 6.45) is 10.4. The molecule has 0 saturated heterocycles. The molecule has 0 aromatic heterocycles. The second-order valence-corrected chi connectivity index (χ2v) is 10.6. The maximum Gasteiger partial charge on any atom is 0.227 e. The number of amides is 1. The van der Waals surface area contributed by atoms with E-state index in [1.807, 2.05) is 0 Å². The Morgan fingerprint density at radius 2 is 1.81 bits per heavy atom. The Kier molecular flexibility index (Phi) is 3.99. The maximum atomic E-state index is 13.8. The molecule has 0 heterocycles. The summed E-state index contributed by atoms with van der Waals surface area (Å²) in [6.45, 7) is 3.24. The van der Waals surface area contributed by atoms with Gasteiger partial charge in [-0.2, -0.15) is 0 Å². The van der Waals surface area contributed by atoms with E-state index in [1.165, 1.54) is 37.7 Å². The number of benzene rings is 1. The van der Waals surface area contributed by atoms with Crippen LogP contribution in [0.15, 0.2) is 30.3 Å². The molecule has 4 atom stereocenters. The van der Waals surface area contributed by atoms with Gasteiger partial charge in [-0.15, -0.1) is 0 Å². The molecule has 3 nitrogen and oxygen atoms in total. The van der Waals surface area contributed by atoms with Gasteiger partial charge in [0.05, 0.1) is 5.41 Å². The van der Waals surface area contributed by atoms with Gasteiger partial charge in [-0.05, 0) is 87.1 Å². The zero-order valence-corrected chi connectivity index (χ0v) is 16.7. The summed E-state index contributed by atoms with van der Waals surface area (Å²) in [7, 11) is 0. The van der Waals surface area contributed by atoms with Crippen LogP contribution in [-0.2, 0) is 10.2 Å². The molecule has 1 amide bonds. The molecular weight excluding hydrogens is 332 g/mol. The second kappa shape index (κ2) is 6.07. The van der Waals surface area contributed by atoms with Crippen LogP contribution in [0, 0.1) is 22.7 Å². The Morgan fingerprint density at radius 1 is 1.07 bits per heavy atom. The average Bonchev–Trinajstić information content (AvgIpc) is 3.02. The molecule has 0 spiro atoms. The molecule has 2 unspecified atom stereocenters. The monoisotopic (exact) mass is 366 g/mol. The van der Waals surface area contributed by atoms with Crippen LogP contribution in [0.4, 0.5) is 0 Å². The second-order valence-electron chi connectivity index (χ2n) is 10.6. The molecule has 5 fully saturated rings. The van der Waals surface area contributed by atoms with Gasteiger partial charge >= 0.3 is 0 Å². The standard InChI is InChI=1S/C24H34N2O/c1-22-11-18-12-23(15-22,19-5-3-2-4-6-19)24(13-18,16-22)21(27)26-20-9-7-17(14-25)8-10-20/h2-6,17-18,20H,7-16,25H2,1H3,(H,26,27)/t17?,18?,20?,22-,23+,24?/m0/s1. The van der Waals surface area contributed by atoms with Gasteiger partial charge in [-0.1, -0.05) is 37.3 Å². The van der Waals surface area contributed by atoms with Crippen molar-refractivity contribution in [1.29, 1.82) is 0 Å². The summed E-state index contributed by atoms with van der Waals surface area (Å²) in [6, 6.07) is 11.3. The Morgan fingerprint density at radius 3 is 2.48 bits per heavy atom. The van der Waals surface area contributed by atoms with E-state index in [0.29, 0.717) is 23.3 Å². The molecule has 4 bridgehead atoms. The quantitative estimate of drug-likeness (QED) is 0.841. The van der Waals surface area contributed by atoms with Gasteiger partial charge in [0.1, 0.15) is 0 Å². The van der Waals surface area contributed by atoms with Crippen LogP contribution in [0.2, 0.25) is 0 Å². The van der Waals surface area contributed by atoms with Crippen molar-refractivity contribution in [2.24, 2.45) is 28.4 Å². The predicted octanol–water partition coefficient (Wildman–Crippen LogP) is 4.16. The molecule has 146 valence electrons. The average molecular weight is 367 g/mol. The van der Waals surface area contributed by atoms with Crippen molar-refractivity contribution in [3.8, 4) is 0 Å². The van der Waals surface area contributed by atoms with Crippen molar-refractivity contribution in [1.82, 2.24) is 5.32 Å². The van der Waals surface area contributed by atoms with Crippen LogP contribution in [0.5, 0.6) is 0 Å². The summed E-state index contributed by atoms with van der Waals surface area (Å²) in [5.74, 6) is 1.74. The Bertz CT molecular complexity index is 725. The number of carbonyl (C=O) groups excluding carboxylic acids is 1. The first kappa shape index (κ1) is 17.7. The predicted molar refractivity (Wildman–Crippen MR) is 108 cm³/mol. The van der Waals surface area contributed by atoms with E-state index in [1.54, 1.807) is 0 Å². The summed E-state index contributed by atoms with van der Waals surface area (Å²) in [5, 5.41) is 3.54. The molecule has 3 N–H and O–H groups in total. The van der Waals surface area contributed by atoms with E-state index in [9.17, 15) is 4.79 Å². The highest BCUT2D eigenvalue weighted by atomic mass is 16.2. The highest BCUT2D eigenvalue weighted by Gasteiger charge is 2.73. The summed E-state index contributed by atoms with van der Waals surface area (Å²) >= 11 is 0. The Balaban J connectivity index is 1.44. The van der Waals surface area contributed by atoms with Crippen molar-refractivity contribution in [2.45, 2.75) is 76.2 Å². The third kappa shape index (κ3) is 2.53. The number of hydrogen-bond acceptors (Lipinski definition) is 2. The maximum absolute atomic E-state index is 13.8. The normalized spacial score (nSPS) is 45.2. The molecule has 6 rings (SSSR count). The molecule has 5 aliphatic carbocycles. The fourth-order valence-corrected chi connectivity index (χ4v) is 7.95. The number of hydrogen-bond donors (Lipinski definition) is 2. The lowest BCUT2D eigenvalue weighted by molar-refractivity contribution is -0.135. The van der Waals surface area contributed by atoms with E-state index < -0.39 is 0 Å². The molecule has 1 aromatic rings. The summed E-state index contributed by atoms with van der Waals surface area (Å²) in [4.78, 5) is 13.8. The number of rotatable bonds is 4. The number of nitrogens with two attached hydrogens (primary N) is 1. The number of nitrogens with one attached hydrogen (secondary N) is 1. The zero-order valence-electron chi connectivity index (χ0n) is 16.7. The minimum Gasteiger partial charge on any atom is -0.353 e. The van der Waals surface area contributed by atoms with Crippen LogP contribution >= 0.6 is 0 Å². The first-order valence-corrected chi connectivity index (χ1v) is 11.1. The van der Waals surface area contributed by atoms with E-state index >= 15 is 0 Å². The van der Waals surface area contributed by atoms with Gasteiger partial charge in [-0.25, -0.2) is 0 Å². The highest BCUT2D eigenvalue weighted by molar-refractivity contribution is 5.86. The molecule has 0 aliphatic heterocycles. The lowest BCUT2D eigenvalue weighted by Gasteiger charge is -2.41. The van der Waals surface area contributed by atoms with Crippen molar-refractivity contribution < 1.29 is 4.79 Å². The lowest BCUT2D eigenvalue weighted by Crippen LogP contribution is -2.52. The SMILES string of the molecule is C[C@@]12CC3CC(C(=O)NC4CCC(CN)CC4)(C1)[C@](c1ccccc1)(C3)C2. The third-order valence-corrected chi connectivity index (χ3v) is 8.71. The van der Waals surface area contributed by atoms with E-state index in [0.717, 1.165) is 38.1 Å². The highest BCUT2D eigenvalue weighted by Crippen LogP contribution is 2.76. The molecular formula is C24H34N2O. The Labute approximate surface area is 163 Å². The van der Waals surface area contributed by atoms with Crippen molar-refractivity contribution in [3.63, 3.8) is 0 Å². The van der Waals surface area contributed by atoms with Crippen molar-refractivity contribution in [2.75, 3.05) is 6.54 Å². The summed E-state index contributed by atoms with van der Waals surface area (Å²) < 4.78 is 0. The molecule has 1 aromatic carbocycles. The first-order chi connectivity index (χ1) is 13.0. The molecule has 3 heteroatoms. The van der Waals surface area contributed by atoms with Gasteiger partial charge in [0.15, 0.2) is 0 Å². The van der Waals surface area contributed by atoms with E-state index in [-0.39, 0.29) is 10.8 Å². The van der Waals surface area contributed by atoms with Gasteiger partial charge in [0, 0.05) is 11.5 Å². The van der Waals surface area contributed by atoms with Crippen LogP contribution in [0.25, 0.3) is 0 Å². The zero-order chi connectivity index (χ0) is 18.7. The van der Waals surface area contributed by atoms with Gasteiger partial charge in [-0.3, -0.25) is 4.79 Å². The van der Waals surface area contributed by atoms with Crippen molar-refractivity contribution >= 4 is 5.91 Å². The Hall–Kier alpha value is -1.35. The van der Waals surface area contributed by atoms with Crippen LogP contribution in [0.1, 0.15) is 70.3 Å². The summed E-state index contributed by atoms with van der Waals surface area (Å²) in [5.41, 5.74) is 7.48. The van der Waals surface area contributed by atoms with E-state index in [2.05, 4.69) is 42.6 Å². The smallest absolute Gasteiger partial charge is 0.227 e. The topological polar surface area (TPSA) is 55.1 Å². The van der Waals surface area contributed by atoms with Crippen LogP contribution in [-0.4, -0.2) is 18.5 Å². The van der Waals surface area contributed by atoms with Gasteiger partial charge in [0.25, 0.3) is 0 Å². The fourth-order valence-electron chi connectivity index (χ4n) is 7.95. The number of carbonyl (C=O) groups is 1. The minimum atomic E-state index is -0.184. The lowest BCUT2D eigenvalue weighted by atomic mass is 9.63. The molecule has 5 aliphatic rings. The fraction of sp³-hybridized carbons (Fsp3) is 0.708. The van der Waals surface area contributed by atoms with Crippen LogP contribution < -0.4 is 11.1 Å². The van der Waals surface area contributed by atoms with E-state index in [4.69, 9.17) is 5.73 Å². The van der Waals surface area contributed by atoms with Gasteiger partial charge in [0.2, 0.25) is 5.91 Å². The molecule has 0 radical (unpaired) electrons. The van der Waals surface area contributed by atoms with Crippen molar-refractivity contribution in [3.05, 3.63) is 35.9 Å². The molecule has 27 heavy (non-hydrogen) atoms. The largest absolute Gasteiger partial charge is 0.353 e. The first-order valence-electron chi connectivity index (χ1n) is 11.1. The molecule has 5 saturated carbocycles. The van der Waals surface area contributed by atoms with Crippen LogP contribution in [0.3, 0.4) is 0 Å².